The summed E-state index contributed by atoms with van der Waals surface area (Å²) in [5.41, 5.74) is 8.81. The predicted octanol–water partition coefficient (Wildman–Crippen LogP) is 4.64. The Kier molecular flexibility index (Phi) is 4.70. The van der Waals surface area contributed by atoms with Crippen molar-refractivity contribution in [3.63, 3.8) is 0 Å². The van der Waals surface area contributed by atoms with Gasteiger partial charge >= 0.3 is 0 Å². The van der Waals surface area contributed by atoms with E-state index < -0.39 is 17.4 Å². The first-order valence-electron chi connectivity index (χ1n) is 10.4. The van der Waals surface area contributed by atoms with E-state index in [2.05, 4.69) is 9.97 Å². The van der Waals surface area contributed by atoms with Gasteiger partial charge in [-0.05, 0) is 47.9 Å². The standard InChI is InChI=1S/C24H18F2N4O2S/c25-21-15(2-1-7-28-21)14-3-4-19-16(10-14)24(12-33-23(27)30-24)17-11-18(13-5-8-31-9-6-13)29-22(26)20(17)32-19/h1-5,7,10-11H,6,8-9,12H2,(H2,27,30). The van der Waals surface area contributed by atoms with Crippen molar-refractivity contribution in [2.24, 2.45) is 10.7 Å². The van der Waals surface area contributed by atoms with Crippen LogP contribution in [0, 0.1) is 11.9 Å². The van der Waals surface area contributed by atoms with Gasteiger partial charge in [0.1, 0.15) is 11.3 Å². The molecule has 0 bridgehead atoms. The zero-order valence-electron chi connectivity index (χ0n) is 17.3. The molecular weight excluding hydrogens is 446 g/mol. The smallest absolute Gasteiger partial charge is 0.256 e. The van der Waals surface area contributed by atoms with Crippen LogP contribution in [0.1, 0.15) is 23.2 Å². The normalized spacial score (nSPS) is 21.2. The van der Waals surface area contributed by atoms with Gasteiger partial charge in [-0.15, -0.1) is 0 Å². The van der Waals surface area contributed by atoms with Crippen LogP contribution in [0.25, 0.3) is 16.7 Å². The Hall–Kier alpha value is -3.30. The maximum Gasteiger partial charge on any atom is 0.256 e. The molecule has 0 fully saturated rings. The fraction of sp³-hybridized carbons (Fsp3) is 0.208. The van der Waals surface area contributed by atoms with Gasteiger partial charge in [-0.3, -0.25) is 0 Å². The topological polar surface area (TPSA) is 82.6 Å². The lowest BCUT2D eigenvalue weighted by molar-refractivity contribution is 0.161. The highest BCUT2D eigenvalue weighted by atomic mass is 32.2. The molecule has 0 saturated carbocycles. The maximum atomic E-state index is 15.3. The van der Waals surface area contributed by atoms with Crippen molar-refractivity contribution in [1.29, 1.82) is 0 Å². The van der Waals surface area contributed by atoms with Crippen LogP contribution in [0.15, 0.2) is 53.7 Å². The van der Waals surface area contributed by atoms with Gasteiger partial charge in [0, 0.05) is 28.6 Å². The molecule has 5 heterocycles. The first-order valence-corrected chi connectivity index (χ1v) is 11.4. The van der Waals surface area contributed by atoms with Crippen molar-refractivity contribution in [3.05, 3.63) is 77.4 Å². The number of hydrogen-bond donors (Lipinski definition) is 1. The average Bonchev–Trinajstić information content (AvgIpc) is 3.23. The number of rotatable bonds is 2. The number of nitrogens with two attached hydrogens (primary N) is 1. The van der Waals surface area contributed by atoms with Crippen molar-refractivity contribution >= 4 is 22.5 Å². The van der Waals surface area contributed by atoms with Crippen LogP contribution in [0.3, 0.4) is 0 Å². The first-order chi connectivity index (χ1) is 16.0. The second kappa shape index (κ2) is 7.64. The molecule has 0 radical (unpaired) electrons. The van der Waals surface area contributed by atoms with Gasteiger partial charge in [0.15, 0.2) is 10.9 Å². The molecule has 166 valence electrons. The summed E-state index contributed by atoms with van der Waals surface area (Å²) in [6.45, 7) is 1.01. The molecule has 1 atom stereocenters. The largest absolute Gasteiger partial charge is 0.452 e. The van der Waals surface area contributed by atoms with E-state index in [4.69, 9.17) is 20.2 Å². The Morgan fingerprint density at radius 3 is 2.76 bits per heavy atom. The summed E-state index contributed by atoms with van der Waals surface area (Å²) in [7, 11) is 0. The van der Waals surface area contributed by atoms with Gasteiger partial charge in [0.25, 0.3) is 5.95 Å². The molecule has 6 rings (SSSR count). The lowest BCUT2D eigenvalue weighted by Crippen LogP contribution is -2.31. The number of benzene rings is 1. The molecule has 3 aromatic rings. The van der Waals surface area contributed by atoms with Crippen LogP contribution in [0.2, 0.25) is 0 Å². The monoisotopic (exact) mass is 464 g/mol. The molecule has 3 aliphatic rings. The van der Waals surface area contributed by atoms with Crippen molar-refractivity contribution in [3.8, 4) is 22.6 Å². The summed E-state index contributed by atoms with van der Waals surface area (Å²) in [6, 6.07) is 10.4. The first kappa shape index (κ1) is 20.3. The molecule has 1 aromatic carbocycles. The number of amidine groups is 1. The van der Waals surface area contributed by atoms with Gasteiger partial charge in [0.2, 0.25) is 5.95 Å². The molecule has 2 aromatic heterocycles. The van der Waals surface area contributed by atoms with E-state index >= 15 is 4.39 Å². The SMILES string of the molecule is NC1=NC2(CS1)c1cc(-c3cccnc3F)ccc1Oc1c2cc(C2=CCOCC2)nc1F. The van der Waals surface area contributed by atoms with E-state index in [1.54, 1.807) is 24.3 Å². The van der Waals surface area contributed by atoms with Gasteiger partial charge < -0.3 is 15.2 Å². The molecule has 0 saturated heterocycles. The van der Waals surface area contributed by atoms with E-state index in [1.165, 1.54) is 18.0 Å². The Bertz CT molecular complexity index is 1360. The van der Waals surface area contributed by atoms with Gasteiger partial charge in [-0.1, -0.05) is 23.9 Å². The molecule has 0 amide bonds. The minimum absolute atomic E-state index is 0.0401. The number of nitrogens with zero attached hydrogens (tertiary/aromatic N) is 3. The number of aromatic nitrogens is 2. The number of aliphatic imine (C=N–C) groups is 1. The van der Waals surface area contributed by atoms with Crippen LogP contribution in [0.4, 0.5) is 8.78 Å². The fourth-order valence-electron chi connectivity index (χ4n) is 4.50. The summed E-state index contributed by atoms with van der Waals surface area (Å²) in [5, 5.41) is 0.399. The molecule has 2 N–H and O–H groups in total. The van der Waals surface area contributed by atoms with Gasteiger partial charge in [-0.2, -0.15) is 8.78 Å². The third-order valence-corrected chi connectivity index (χ3v) is 7.06. The maximum absolute atomic E-state index is 15.3. The number of hydrogen-bond acceptors (Lipinski definition) is 7. The second-order valence-corrected chi connectivity index (χ2v) is 8.98. The van der Waals surface area contributed by atoms with Crippen LogP contribution >= 0.6 is 11.8 Å². The average molecular weight is 464 g/mol. The Morgan fingerprint density at radius 2 is 2.00 bits per heavy atom. The van der Waals surface area contributed by atoms with Crippen molar-refractivity contribution in [2.45, 2.75) is 12.0 Å². The van der Waals surface area contributed by atoms with Crippen molar-refractivity contribution in [2.75, 3.05) is 19.0 Å². The van der Waals surface area contributed by atoms with E-state index in [9.17, 15) is 4.39 Å². The zero-order chi connectivity index (χ0) is 22.6. The number of ether oxygens (including phenoxy) is 2. The summed E-state index contributed by atoms with van der Waals surface area (Å²) in [6.07, 6.45) is 3.95. The molecule has 1 unspecified atom stereocenters. The Labute approximate surface area is 192 Å². The van der Waals surface area contributed by atoms with Crippen molar-refractivity contribution in [1.82, 2.24) is 9.97 Å². The molecule has 0 aliphatic carbocycles. The molecule has 1 spiro atoms. The number of pyridine rings is 2. The van der Waals surface area contributed by atoms with Crippen LogP contribution in [-0.4, -0.2) is 34.1 Å². The lowest BCUT2D eigenvalue weighted by Gasteiger charge is -2.35. The molecule has 9 heteroatoms. The van der Waals surface area contributed by atoms with Crippen molar-refractivity contribution < 1.29 is 18.3 Å². The number of halogens is 2. The Morgan fingerprint density at radius 1 is 1.09 bits per heavy atom. The molecular formula is C24H18F2N4O2S. The van der Waals surface area contributed by atoms with E-state index in [0.29, 0.717) is 64.3 Å². The minimum atomic E-state index is -0.976. The van der Waals surface area contributed by atoms with E-state index in [1.807, 2.05) is 18.2 Å². The summed E-state index contributed by atoms with van der Waals surface area (Å²) >= 11 is 1.39. The lowest BCUT2D eigenvalue weighted by atomic mass is 9.80. The van der Waals surface area contributed by atoms with Gasteiger partial charge in [0.05, 0.1) is 18.9 Å². The van der Waals surface area contributed by atoms with Crippen LogP contribution in [-0.2, 0) is 10.3 Å². The fourth-order valence-corrected chi connectivity index (χ4v) is 5.46. The highest BCUT2D eigenvalue weighted by Gasteiger charge is 2.47. The minimum Gasteiger partial charge on any atom is -0.452 e. The summed E-state index contributed by atoms with van der Waals surface area (Å²) < 4.78 is 41.1. The zero-order valence-corrected chi connectivity index (χ0v) is 18.2. The summed E-state index contributed by atoms with van der Waals surface area (Å²) in [4.78, 5) is 12.7. The highest BCUT2D eigenvalue weighted by molar-refractivity contribution is 8.14. The number of fused-ring (bicyclic) bond motifs is 4. The highest BCUT2D eigenvalue weighted by Crippen LogP contribution is 2.54. The molecule has 6 nitrogen and oxygen atoms in total. The third kappa shape index (κ3) is 3.22. The van der Waals surface area contributed by atoms with Crippen LogP contribution in [0.5, 0.6) is 11.5 Å². The quantitative estimate of drug-likeness (QED) is 0.557. The van der Waals surface area contributed by atoms with E-state index in [-0.39, 0.29) is 5.75 Å². The second-order valence-electron chi connectivity index (χ2n) is 7.98. The molecule has 33 heavy (non-hydrogen) atoms. The van der Waals surface area contributed by atoms with E-state index in [0.717, 1.165) is 5.57 Å². The van der Waals surface area contributed by atoms with Gasteiger partial charge in [-0.25, -0.2) is 15.0 Å². The molecule has 3 aliphatic heterocycles. The van der Waals surface area contributed by atoms with Crippen LogP contribution < -0.4 is 10.5 Å². The Balaban J connectivity index is 1.57. The number of thioether (sulfide) groups is 1. The predicted molar refractivity (Wildman–Crippen MR) is 122 cm³/mol. The summed E-state index contributed by atoms with van der Waals surface area (Å²) in [5.74, 6) is -0.331. The third-order valence-electron chi connectivity index (χ3n) is 6.11.